The van der Waals surface area contributed by atoms with Gasteiger partial charge in [-0.25, -0.2) is 14.4 Å². The predicted octanol–water partition coefficient (Wildman–Crippen LogP) is 3.95. The highest BCUT2D eigenvalue weighted by molar-refractivity contribution is 5.73. The average molecular weight is 399 g/mol. The third kappa shape index (κ3) is 4.92. The van der Waals surface area contributed by atoms with Crippen LogP contribution in [0.1, 0.15) is 62.7 Å². The first-order chi connectivity index (χ1) is 13.9. The molecule has 0 spiro atoms. The van der Waals surface area contributed by atoms with Gasteiger partial charge in [0, 0.05) is 56.7 Å². The second kappa shape index (κ2) is 9.33. The number of carbonyl (C=O) groups is 1. The first-order valence-electron chi connectivity index (χ1n) is 10.6. The molecule has 1 fully saturated rings. The van der Waals surface area contributed by atoms with Gasteiger partial charge in [0.25, 0.3) is 0 Å². The van der Waals surface area contributed by atoms with E-state index in [1.54, 1.807) is 6.92 Å². The van der Waals surface area contributed by atoms with E-state index in [-0.39, 0.29) is 17.6 Å². The van der Waals surface area contributed by atoms with Crippen molar-refractivity contribution in [1.29, 1.82) is 0 Å². The molecular weight excluding hydrogens is 367 g/mol. The van der Waals surface area contributed by atoms with E-state index in [2.05, 4.69) is 25.7 Å². The zero-order valence-corrected chi connectivity index (χ0v) is 17.9. The third-order valence-electron chi connectivity index (χ3n) is 5.79. The largest absolute Gasteiger partial charge is 0.353 e. The highest BCUT2D eigenvalue weighted by Crippen LogP contribution is 2.28. The Morgan fingerprint density at radius 2 is 1.76 bits per heavy atom. The number of anilines is 1. The molecule has 0 radical (unpaired) electrons. The van der Waals surface area contributed by atoms with E-state index in [1.807, 2.05) is 17.0 Å². The number of aromatic nitrogens is 2. The molecule has 6 heteroatoms. The first-order valence-corrected chi connectivity index (χ1v) is 10.6. The van der Waals surface area contributed by atoms with Crippen LogP contribution in [0.4, 0.5) is 10.2 Å². The average Bonchev–Trinajstić information content (AvgIpc) is 2.74. The van der Waals surface area contributed by atoms with Crippen LogP contribution in [0.5, 0.6) is 0 Å². The molecule has 29 heavy (non-hydrogen) atoms. The standard InChI is InChI=1S/C23H31FN4O/c1-5-16(3)22-25-21(6-2)20(15-18-7-9-19(24)10-8-18)23(26-22)28-13-11-27(12-14-28)17(4)29/h7-10,16H,5-6,11-15H2,1-4H3/t16-/m0/s1. The molecule has 1 aromatic carbocycles. The van der Waals surface area contributed by atoms with Crippen molar-refractivity contribution in [2.24, 2.45) is 0 Å². The molecule has 0 aliphatic carbocycles. The summed E-state index contributed by atoms with van der Waals surface area (Å²) < 4.78 is 13.4. The quantitative estimate of drug-likeness (QED) is 0.739. The molecule has 2 aromatic rings. The zero-order chi connectivity index (χ0) is 21.0. The second-order valence-electron chi connectivity index (χ2n) is 7.79. The molecule has 0 bridgehead atoms. The summed E-state index contributed by atoms with van der Waals surface area (Å²) in [5.74, 6) is 2.04. The molecule has 1 aliphatic heterocycles. The lowest BCUT2D eigenvalue weighted by Gasteiger charge is -2.36. The van der Waals surface area contributed by atoms with Crippen LogP contribution in [0, 0.1) is 5.82 Å². The van der Waals surface area contributed by atoms with Crippen molar-refractivity contribution in [1.82, 2.24) is 14.9 Å². The lowest BCUT2D eigenvalue weighted by Crippen LogP contribution is -2.48. The van der Waals surface area contributed by atoms with E-state index in [1.165, 1.54) is 12.1 Å². The first kappa shape index (κ1) is 21.2. The van der Waals surface area contributed by atoms with Crippen LogP contribution in [-0.2, 0) is 17.6 Å². The van der Waals surface area contributed by atoms with Crippen molar-refractivity contribution >= 4 is 11.7 Å². The normalized spacial score (nSPS) is 15.5. The zero-order valence-electron chi connectivity index (χ0n) is 17.9. The van der Waals surface area contributed by atoms with Crippen molar-refractivity contribution in [3.05, 3.63) is 52.7 Å². The number of hydrogen-bond donors (Lipinski definition) is 0. The van der Waals surface area contributed by atoms with Crippen LogP contribution in [0.25, 0.3) is 0 Å². The molecule has 156 valence electrons. The van der Waals surface area contributed by atoms with Gasteiger partial charge < -0.3 is 9.80 Å². The minimum atomic E-state index is -0.228. The highest BCUT2D eigenvalue weighted by atomic mass is 19.1. The fourth-order valence-electron chi connectivity index (χ4n) is 3.71. The van der Waals surface area contributed by atoms with Gasteiger partial charge in [-0.1, -0.05) is 32.9 Å². The van der Waals surface area contributed by atoms with E-state index in [9.17, 15) is 9.18 Å². The van der Waals surface area contributed by atoms with E-state index >= 15 is 0 Å². The third-order valence-corrected chi connectivity index (χ3v) is 5.79. The van der Waals surface area contributed by atoms with E-state index in [0.717, 1.165) is 54.4 Å². The SMILES string of the molecule is CCc1nc([C@@H](C)CC)nc(N2CCN(C(C)=O)CC2)c1Cc1ccc(F)cc1. The fraction of sp³-hybridized carbons (Fsp3) is 0.522. The Hall–Kier alpha value is -2.50. The van der Waals surface area contributed by atoms with Crippen LogP contribution in [-0.4, -0.2) is 47.0 Å². The smallest absolute Gasteiger partial charge is 0.219 e. The molecule has 0 N–H and O–H groups in total. The number of nitrogens with zero attached hydrogens (tertiary/aromatic N) is 4. The number of carbonyl (C=O) groups excluding carboxylic acids is 1. The Labute approximate surface area is 173 Å². The summed E-state index contributed by atoms with van der Waals surface area (Å²) in [6.07, 6.45) is 2.48. The van der Waals surface area contributed by atoms with Crippen molar-refractivity contribution in [3.8, 4) is 0 Å². The van der Waals surface area contributed by atoms with Crippen molar-refractivity contribution in [2.45, 2.75) is 52.9 Å². The number of rotatable bonds is 6. The van der Waals surface area contributed by atoms with E-state index < -0.39 is 0 Å². The van der Waals surface area contributed by atoms with Gasteiger partial charge in [-0.05, 0) is 30.5 Å². The van der Waals surface area contributed by atoms with Crippen LogP contribution in [0.15, 0.2) is 24.3 Å². The summed E-state index contributed by atoms with van der Waals surface area (Å²) in [5, 5.41) is 0. The summed E-state index contributed by atoms with van der Waals surface area (Å²) in [7, 11) is 0. The fourth-order valence-corrected chi connectivity index (χ4v) is 3.71. The molecule has 5 nitrogen and oxygen atoms in total. The molecular formula is C23H31FN4O. The number of amides is 1. The van der Waals surface area contributed by atoms with Gasteiger partial charge in [0.1, 0.15) is 17.5 Å². The maximum Gasteiger partial charge on any atom is 0.219 e. The van der Waals surface area contributed by atoms with Crippen LogP contribution in [0.3, 0.4) is 0 Å². The topological polar surface area (TPSA) is 49.3 Å². The minimum Gasteiger partial charge on any atom is -0.353 e. The van der Waals surface area contributed by atoms with E-state index in [0.29, 0.717) is 19.5 Å². The van der Waals surface area contributed by atoms with Gasteiger partial charge in [0.2, 0.25) is 5.91 Å². The number of hydrogen-bond acceptors (Lipinski definition) is 4. The van der Waals surface area contributed by atoms with Crippen LogP contribution in [0.2, 0.25) is 0 Å². The molecule has 0 unspecified atom stereocenters. The van der Waals surface area contributed by atoms with Crippen molar-refractivity contribution < 1.29 is 9.18 Å². The molecule has 1 amide bonds. The molecule has 0 saturated carbocycles. The molecule has 1 aromatic heterocycles. The number of benzene rings is 1. The van der Waals surface area contributed by atoms with Crippen molar-refractivity contribution in [3.63, 3.8) is 0 Å². The van der Waals surface area contributed by atoms with Gasteiger partial charge in [0.15, 0.2) is 0 Å². The van der Waals surface area contributed by atoms with Crippen LogP contribution >= 0.6 is 0 Å². The molecule has 1 saturated heterocycles. The molecule has 1 aliphatic rings. The van der Waals surface area contributed by atoms with E-state index in [4.69, 9.17) is 9.97 Å². The highest BCUT2D eigenvalue weighted by Gasteiger charge is 2.25. The number of aryl methyl sites for hydroxylation is 1. The Kier molecular flexibility index (Phi) is 6.83. The minimum absolute atomic E-state index is 0.119. The number of piperazine rings is 1. The lowest BCUT2D eigenvalue weighted by molar-refractivity contribution is -0.129. The Morgan fingerprint density at radius 3 is 2.31 bits per heavy atom. The monoisotopic (exact) mass is 398 g/mol. The van der Waals surface area contributed by atoms with Gasteiger partial charge in [0.05, 0.1) is 0 Å². The summed E-state index contributed by atoms with van der Waals surface area (Å²) in [4.78, 5) is 25.8. The summed E-state index contributed by atoms with van der Waals surface area (Å²) in [6, 6.07) is 6.66. The van der Waals surface area contributed by atoms with Crippen LogP contribution < -0.4 is 4.90 Å². The Morgan fingerprint density at radius 1 is 1.10 bits per heavy atom. The maximum atomic E-state index is 13.4. The van der Waals surface area contributed by atoms with Gasteiger partial charge >= 0.3 is 0 Å². The molecule has 1 atom stereocenters. The maximum absolute atomic E-state index is 13.4. The van der Waals surface area contributed by atoms with Gasteiger partial charge in [-0.3, -0.25) is 4.79 Å². The van der Waals surface area contributed by atoms with Crippen molar-refractivity contribution in [2.75, 3.05) is 31.1 Å². The Balaban J connectivity index is 2.00. The molecule has 3 rings (SSSR count). The summed E-state index contributed by atoms with van der Waals surface area (Å²) >= 11 is 0. The number of halogens is 1. The molecule has 2 heterocycles. The summed E-state index contributed by atoms with van der Waals surface area (Å²) in [6.45, 7) is 11.0. The Bertz CT molecular complexity index is 845. The second-order valence-corrected chi connectivity index (χ2v) is 7.79. The van der Waals surface area contributed by atoms with Gasteiger partial charge in [-0.15, -0.1) is 0 Å². The predicted molar refractivity (Wildman–Crippen MR) is 114 cm³/mol. The van der Waals surface area contributed by atoms with Gasteiger partial charge in [-0.2, -0.15) is 0 Å². The summed E-state index contributed by atoms with van der Waals surface area (Å²) in [5.41, 5.74) is 3.22. The lowest BCUT2D eigenvalue weighted by atomic mass is 10.0.